The third-order valence-corrected chi connectivity index (χ3v) is 7.82. The van der Waals surface area contributed by atoms with Crippen molar-refractivity contribution in [2.45, 2.75) is 46.1 Å². The molecule has 5 heteroatoms. The minimum atomic E-state index is -3.53. The van der Waals surface area contributed by atoms with E-state index in [1.165, 1.54) is 0 Å². The van der Waals surface area contributed by atoms with Crippen molar-refractivity contribution in [2.75, 3.05) is 5.75 Å². The number of hydrogen-bond donors (Lipinski definition) is 1. The molecule has 2 bridgehead atoms. The molecule has 0 radical (unpaired) electrons. The van der Waals surface area contributed by atoms with Gasteiger partial charge in [-0.05, 0) is 36.7 Å². The summed E-state index contributed by atoms with van der Waals surface area (Å²) in [6, 6.07) is 9.20. The highest BCUT2D eigenvalue weighted by molar-refractivity contribution is 7.89. The number of sulfonamides is 1. The lowest BCUT2D eigenvalue weighted by molar-refractivity contribution is -0.128. The molecule has 23 heavy (non-hydrogen) atoms. The van der Waals surface area contributed by atoms with Gasteiger partial charge in [-0.15, -0.1) is 0 Å². The van der Waals surface area contributed by atoms with Crippen LogP contribution in [0.25, 0.3) is 0 Å². The summed E-state index contributed by atoms with van der Waals surface area (Å²) >= 11 is 0. The highest BCUT2D eigenvalue weighted by Crippen LogP contribution is 2.64. The molecule has 1 N–H and O–H groups in total. The lowest BCUT2D eigenvalue weighted by Gasteiger charge is -2.36. The first-order valence-electron chi connectivity index (χ1n) is 8.26. The second kappa shape index (κ2) is 5.42. The Bertz CT molecular complexity index is 711. The van der Waals surface area contributed by atoms with E-state index in [9.17, 15) is 13.2 Å². The van der Waals surface area contributed by atoms with Gasteiger partial charge in [-0.2, -0.15) is 0 Å². The molecule has 2 aliphatic rings. The zero-order valence-corrected chi connectivity index (χ0v) is 14.8. The topological polar surface area (TPSA) is 63.2 Å². The maximum Gasteiger partial charge on any atom is 0.213 e. The summed E-state index contributed by atoms with van der Waals surface area (Å²) < 4.78 is 28.2. The Morgan fingerprint density at radius 2 is 1.91 bits per heavy atom. The van der Waals surface area contributed by atoms with Gasteiger partial charge in [0.1, 0.15) is 5.78 Å². The van der Waals surface area contributed by atoms with Gasteiger partial charge in [-0.25, -0.2) is 13.1 Å². The van der Waals surface area contributed by atoms with Crippen molar-refractivity contribution in [3.63, 3.8) is 0 Å². The molecule has 0 aromatic heterocycles. The second-order valence-electron chi connectivity index (χ2n) is 7.68. The first kappa shape index (κ1) is 16.7. The standard InChI is InChI=1S/C18H25NO3S/c1-13(14-7-5-4-6-8-14)19-23(21,22)12-18-10-9-15(11-16(18)20)17(18,2)3/h4-8,13,15,19H,9-12H2,1-3H3. The average molecular weight is 335 g/mol. The Kier molecular flexibility index (Phi) is 3.92. The van der Waals surface area contributed by atoms with Crippen LogP contribution < -0.4 is 4.72 Å². The first-order chi connectivity index (χ1) is 10.7. The summed E-state index contributed by atoms with van der Waals surface area (Å²) in [5, 5.41) is 0. The summed E-state index contributed by atoms with van der Waals surface area (Å²) in [5.41, 5.74) is -0.00997. The van der Waals surface area contributed by atoms with E-state index in [1.807, 2.05) is 37.3 Å². The Morgan fingerprint density at radius 3 is 2.43 bits per heavy atom. The molecule has 2 fully saturated rings. The van der Waals surface area contributed by atoms with Crippen molar-refractivity contribution in [2.24, 2.45) is 16.7 Å². The molecule has 3 rings (SSSR count). The molecule has 0 amide bonds. The maximum absolute atomic E-state index is 12.7. The summed E-state index contributed by atoms with van der Waals surface area (Å²) in [4.78, 5) is 12.5. The van der Waals surface area contributed by atoms with Gasteiger partial charge >= 0.3 is 0 Å². The Labute approximate surface area is 138 Å². The van der Waals surface area contributed by atoms with Crippen LogP contribution in [-0.2, 0) is 14.8 Å². The molecule has 0 saturated heterocycles. The van der Waals surface area contributed by atoms with Crippen LogP contribution in [0.2, 0.25) is 0 Å². The molecule has 0 spiro atoms. The molecule has 0 heterocycles. The number of ketones is 1. The third-order valence-electron chi connectivity index (χ3n) is 6.23. The van der Waals surface area contributed by atoms with E-state index in [-0.39, 0.29) is 23.0 Å². The molecule has 1 aromatic carbocycles. The van der Waals surface area contributed by atoms with Crippen molar-refractivity contribution in [3.05, 3.63) is 35.9 Å². The smallest absolute Gasteiger partial charge is 0.213 e. The molecule has 0 aliphatic heterocycles. The fraction of sp³-hybridized carbons (Fsp3) is 0.611. The van der Waals surface area contributed by atoms with Crippen LogP contribution >= 0.6 is 0 Å². The van der Waals surface area contributed by atoms with E-state index in [0.717, 1.165) is 12.0 Å². The quantitative estimate of drug-likeness (QED) is 0.899. The lowest BCUT2D eigenvalue weighted by atomic mass is 9.70. The van der Waals surface area contributed by atoms with Crippen molar-refractivity contribution in [1.29, 1.82) is 0 Å². The molecule has 4 nitrogen and oxygen atoms in total. The lowest BCUT2D eigenvalue weighted by Crippen LogP contribution is -2.45. The van der Waals surface area contributed by atoms with E-state index in [1.54, 1.807) is 0 Å². The highest BCUT2D eigenvalue weighted by atomic mass is 32.2. The van der Waals surface area contributed by atoms with E-state index in [4.69, 9.17) is 0 Å². The predicted molar refractivity (Wildman–Crippen MR) is 90.3 cm³/mol. The van der Waals surface area contributed by atoms with Gasteiger partial charge in [-0.1, -0.05) is 44.2 Å². The number of carbonyl (C=O) groups is 1. The van der Waals surface area contributed by atoms with E-state index < -0.39 is 15.4 Å². The minimum absolute atomic E-state index is 0.0838. The Hall–Kier alpha value is -1.20. The Balaban J connectivity index is 1.80. The van der Waals surface area contributed by atoms with Crippen molar-refractivity contribution < 1.29 is 13.2 Å². The zero-order valence-electron chi connectivity index (χ0n) is 14.0. The van der Waals surface area contributed by atoms with Gasteiger partial charge in [0.2, 0.25) is 10.0 Å². The van der Waals surface area contributed by atoms with Crippen molar-refractivity contribution in [3.8, 4) is 0 Å². The molecule has 3 unspecified atom stereocenters. The molecule has 1 aromatic rings. The van der Waals surface area contributed by atoms with Crippen molar-refractivity contribution >= 4 is 15.8 Å². The van der Waals surface area contributed by atoms with Gasteiger partial charge in [-0.3, -0.25) is 4.79 Å². The summed E-state index contributed by atoms with van der Waals surface area (Å²) in [7, 11) is -3.53. The molecule has 2 aliphatic carbocycles. The highest BCUT2D eigenvalue weighted by Gasteiger charge is 2.65. The number of Topliss-reactive ketones (excluding diaryl/α,β-unsaturated/α-hetero) is 1. The van der Waals surface area contributed by atoms with Gasteiger partial charge in [0, 0.05) is 17.9 Å². The number of rotatable bonds is 5. The van der Waals surface area contributed by atoms with Crippen LogP contribution in [0.15, 0.2) is 30.3 Å². The summed E-state index contributed by atoms with van der Waals surface area (Å²) in [5.74, 6) is 0.382. The molecular weight excluding hydrogens is 310 g/mol. The van der Waals surface area contributed by atoms with Gasteiger partial charge in [0.25, 0.3) is 0 Å². The second-order valence-corrected chi connectivity index (χ2v) is 9.43. The third kappa shape index (κ3) is 2.64. The predicted octanol–water partition coefficient (Wildman–Crippen LogP) is 3.06. The largest absolute Gasteiger partial charge is 0.299 e. The molecule has 126 valence electrons. The van der Waals surface area contributed by atoms with Crippen LogP contribution in [-0.4, -0.2) is 20.0 Å². The number of nitrogens with one attached hydrogen (secondary N) is 1. The summed E-state index contributed by atoms with van der Waals surface area (Å²) in [6.07, 6.45) is 2.20. The van der Waals surface area contributed by atoms with Gasteiger partial charge < -0.3 is 0 Å². The van der Waals surface area contributed by atoms with E-state index >= 15 is 0 Å². The van der Waals surface area contributed by atoms with Crippen LogP contribution in [0.5, 0.6) is 0 Å². The number of hydrogen-bond acceptors (Lipinski definition) is 3. The number of carbonyl (C=O) groups excluding carboxylic acids is 1. The fourth-order valence-electron chi connectivity index (χ4n) is 4.55. The normalized spacial score (nSPS) is 30.6. The van der Waals surface area contributed by atoms with Crippen molar-refractivity contribution in [1.82, 2.24) is 4.72 Å². The number of fused-ring (bicyclic) bond motifs is 2. The van der Waals surface area contributed by atoms with Gasteiger partial charge in [0.05, 0.1) is 5.75 Å². The Morgan fingerprint density at radius 1 is 1.26 bits per heavy atom. The van der Waals surface area contributed by atoms with E-state index in [2.05, 4.69) is 18.6 Å². The van der Waals surface area contributed by atoms with Crippen LogP contribution in [0, 0.1) is 16.7 Å². The minimum Gasteiger partial charge on any atom is -0.299 e. The van der Waals surface area contributed by atoms with Crippen LogP contribution in [0.1, 0.15) is 51.6 Å². The van der Waals surface area contributed by atoms with Crippen LogP contribution in [0.4, 0.5) is 0 Å². The molecule has 2 saturated carbocycles. The first-order valence-corrected chi connectivity index (χ1v) is 9.91. The maximum atomic E-state index is 12.7. The monoisotopic (exact) mass is 335 g/mol. The molecule has 3 atom stereocenters. The summed E-state index contributed by atoms with van der Waals surface area (Å²) in [6.45, 7) is 5.96. The fourth-order valence-corrected chi connectivity index (χ4v) is 6.64. The SMILES string of the molecule is CC(NS(=O)(=O)CC12CCC(CC1=O)C2(C)C)c1ccccc1. The average Bonchev–Trinajstić information content (AvgIpc) is 2.81. The zero-order chi connectivity index (χ0) is 16.9. The van der Waals surface area contributed by atoms with E-state index in [0.29, 0.717) is 18.8 Å². The molecular formula is C18H25NO3S. The van der Waals surface area contributed by atoms with Gasteiger partial charge in [0.15, 0.2) is 0 Å². The van der Waals surface area contributed by atoms with Crippen LogP contribution in [0.3, 0.4) is 0 Å². The number of benzene rings is 1.